The Balaban J connectivity index is 0.000000457. The topological polar surface area (TPSA) is 225 Å². The van der Waals surface area contributed by atoms with Crippen LogP contribution in [-0.4, -0.2) is 118 Å². The van der Waals surface area contributed by atoms with Crippen LogP contribution in [0.15, 0.2) is 79.4 Å². The van der Waals surface area contributed by atoms with E-state index in [-0.39, 0.29) is 42.3 Å². The lowest BCUT2D eigenvalue weighted by Crippen LogP contribution is -2.12. The van der Waals surface area contributed by atoms with Crippen LogP contribution in [0.4, 0.5) is 0 Å². The number of hydrogen-bond donors (Lipinski definition) is 0. The minimum atomic E-state index is -0.400. The first-order valence-electron chi connectivity index (χ1n) is 23.6. The fourth-order valence-electron chi connectivity index (χ4n) is 5.94. The molecule has 0 aliphatic heterocycles. The van der Waals surface area contributed by atoms with Crippen LogP contribution < -0.4 is 4.74 Å². The van der Waals surface area contributed by atoms with E-state index in [0.717, 1.165) is 39.7 Å². The van der Waals surface area contributed by atoms with Crippen molar-refractivity contribution in [2.75, 3.05) is 69.1 Å². The van der Waals surface area contributed by atoms with E-state index in [1.54, 1.807) is 137 Å². The standard InChI is InChI=1S/4C11H15NO3.C10H15NO2/c1-4-15-11(13)9-5-6-12-10(7-9)8(2)14-3;1-4-15-11(13)9-5-6-10(12-7-9)8(2)14-3;1-4-15-11(13)9-6-5-7-12-10(9)8(2)14-3;1-4-15-11(13)10-7-5-6-9(12-10)8(2)14-3;1-7-5-11-9(6-12-3)8(2)10(7)13-4/h4*5-8H,4H2,1-3H3;5H,6H2,1-4H3. The smallest absolute Gasteiger partial charge is 0.356 e. The highest BCUT2D eigenvalue weighted by Crippen LogP contribution is 2.24. The quantitative estimate of drug-likeness (QED) is 0.0554. The Bertz CT molecular complexity index is 2340. The molecular formula is C54H75N5O14. The van der Waals surface area contributed by atoms with Gasteiger partial charge in [0.1, 0.15) is 11.4 Å². The Morgan fingerprint density at radius 2 is 1.08 bits per heavy atom. The average molecular weight is 1020 g/mol. The predicted octanol–water partition coefficient (Wildman–Crippen LogP) is 9.72. The van der Waals surface area contributed by atoms with Crippen LogP contribution in [0.1, 0.15) is 161 Å². The SMILES string of the molecule is CCOC(=O)c1ccc(C(C)OC)nc1.CCOC(=O)c1cccc(C(C)OC)n1.CCOC(=O)c1cccnc1C(C)OC.CCOC(=O)c1ccnc(C(C)OC)c1.COCc1ncc(C)c(OC)c1C. The number of hydrogen-bond acceptors (Lipinski definition) is 19. The molecule has 5 aromatic rings. The van der Waals surface area contributed by atoms with Crippen LogP contribution in [0.2, 0.25) is 0 Å². The van der Waals surface area contributed by atoms with Crippen molar-refractivity contribution in [2.24, 2.45) is 0 Å². The molecule has 0 N–H and O–H groups in total. The molecule has 5 heterocycles. The molecule has 0 spiro atoms. The van der Waals surface area contributed by atoms with Crippen molar-refractivity contribution in [3.05, 3.63) is 141 Å². The van der Waals surface area contributed by atoms with Gasteiger partial charge in [0.25, 0.3) is 0 Å². The molecule has 0 saturated heterocycles. The molecule has 0 bridgehead atoms. The van der Waals surface area contributed by atoms with Gasteiger partial charge >= 0.3 is 23.9 Å². The van der Waals surface area contributed by atoms with Crippen molar-refractivity contribution in [1.29, 1.82) is 0 Å². The molecular weight excluding hydrogens is 943 g/mol. The van der Waals surface area contributed by atoms with Crippen molar-refractivity contribution in [3.8, 4) is 5.75 Å². The van der Waals surface area contributed by atoms with Gasteiger partial charge in [-0.15, -0.1) is 0 Å². The Morgan fingerprint density at radius 1 is 0.521 bits per heavy atom. The highest BCUT2D eigenvalue weighted by Gasteiger charge is 2.18. The summed E-state index contributed by atoms with van der Waals surface area (Å²) in [7, 11) is 9.73. The summed E-state index contributed by atoms with van der Waals surface area (Å²) >= 11 is 0. The number of carbonyl (C=O) groups excluding carboxylic acids is 4. The summed E-state index contributed by atoms with van der Waals surface area (Å²) in [6, 6.07) is 15.4. The lowest BCUT2D eigenvalue weighted by Gasteiger charge is -2.12. The second kappa shape index (κ2) is 36.2. The van der Waals surface area contributed by atoms with E-state index in [1.807, 2.05) is 47.6 Å². The van der Waals surface area contributed by atoms with Gasteiger partial charge in [0, 0.05) is 71.5 Å². The summed E-state index contributed by atoms with van der Waals surface area (Å²) in [5.74, 6) is -0.528. The van der Waals surface area contributed by atoms with E-state index >= 15 is 0 Å². The number of methoxy groups -OCH3 is 6. The number of ether oxygens (including phenoxy) is 10. The van der Waals surface area contributed by atoms with Crippen LogP contribution in [0.5, 0.6) is 5.75 Å². The molecule has 4 atom stereocenters. The summed E-state index contributed by atoms with van der Waals surface area (Å²) < 4.78 is 50.3. The number of aryl methyl sites for hydroxylation is 1. The molecule has 19 heteroatoms. The van der Waals surface area contributed by atoms with Crippen molar-refractivity contribution >= 4 is 23.9 Å². The maximum absolute atomic E-state index is 11.6. The molecule has 0 aliphatic carbocycles. The van der Waals surface area contributed by atoms with E-state index in [0.29, 0.717) is 61.1 Å². The molecule has 400 valence electrons. The fraction of sp³-hybridized carbons (Fsp3) is 0.463. The van der Waals surface area contributed by atoms with E-state index in [1.165, 1.54) is 6.20 Å². The Morgan fingerprint density at radius 3 is 1.63 bits per heavy atom. The molecule has 5 rings (SSSR count). The number of nitrogens with zero attached hydrogens (tertiary/aromatic N) is 5. The molecule has 73 heavy (non-hydrogen) atoms. The second-order valence-corrected chi connectivity index (χ2v) is 15.2. The van der Waals surface area contributed by atoms with Gasteiger partial charge in [-0.05, 0) is 118 Å². The second-order valence-electron chi connectivity index (χ2n) is 15.2. The van der Waals surface area contributed by atoms with E-state index in [2.05, 4.69) is 24.9 Å². The zero-order valence-corrected chi connectivity index (χ0v) is 45.3. The summed E-state index contributed by atoms with van der Waals surface area (Å²) in [5.41, 5.74) is 7.66. The van der Waals surface area contributed by atoms with Crippen molar-refractivity contribution < 1.29 is 66.5 Å². The van der Waals surface area contributed by atoms with E-state index in [9.17, 15) is 19.2 Å². The number of esters is 4. The summed E-state index contributed by atoms with van der Waals surface area (Å²) in [5, 5.41) is 0. The molecule has 0 aliphatic rings. The van der Waals surface area contributed by atoms with Crippen molar-refractivity contribution in [2.45, 2.75) is 100 Å². The number of pyridine rings is 5. The maximum Gasteiger partial charge on any atom is 0.356 e. The lowest BCUT2D eigenvalue weighted by molar-refractivity contribution is 0.0505. The van der Waals surface area contributed by atoms with Crippen molar-refractivity contribution in [1.82, 2.24) is 24.9 Å². The first kappa shape index (κ1) is 64.2. The van der Waals surface area contributed by atoms with Gasteiger partial charge < -0.3 is 47.4 Å². The number of rotatable bonds is 19. The van der Waals surface area contributed by atoms with E-state index in [4.69, 9.17) is 47.4 Å². The predicted molar refractivity (Wildman–Crippen MR) is 273 cm³/mol. The largest absolute Gasteiger partial charge is 0.496 e. The fourth-order valence-corrected chi connectivity index (χ4v) is 5.94. The van der Waals surface area contributed by atoms with Crippen molar-refractivity contribution in [3.63, 3.8) is 0 Å². The highest BCUT2D eigenvalue weighted by atomic mass is 16.5. The molecule has 0 radical (unpaired) electrons. The molecule has 0 saturated carbocycles. The van der Waals surface area contributed by atoms with Crippen LogP contribution in [0.3, 0.4) is 0 Å². The van der Waals surface area contributed by atoms with Gasteiger partial charge in [0.05, 0.1) is 110 Å². The Labute approximate surface area is 430 Å². The van der Waals surface area contributed by atoms with Crippen LogP contribution in [0, 0.1) is 13.8 Å². The van der Waals surface area contributed by atoms with Crippen LogP contribution in [-0.2, 0) is 49.2 Å². The highest BCUT2D eigenvalue weighted by molar-refractivity contribution is 5.91. The van der Waals surface area contributed by atoms with Gasteiger partial charge in [-0.1, -0.05) is 6.07 Å². The van der Waals surface area contributed by atoms with Gasteiger partial charge in [0.15, 0.2) is 0 Å². The third-order valence-electron chi connectivity index (χ3n) is 10.3. The Kier molecular flexibility index (Phi) is 31.9. The summed E-state index contributed by atoms with van der Waals surface area (Å²) in [4.78, 5) is 66.5. The maximum atomic E-state index is 11.6. The van der Waals surface area contributed by atoms with Gasteiger partial charge in [0.2, 0.25) is 0 Å². The third-order valence-corrected chi connectivity index (χ3v) is 10.3. The molecule has 4 unspecified atom stereocenters. The summed E-state index contributed by atoms with van der Waals surface area (Å²) in [6.45, 7) is 20.5. The lowest BCUT2D eigenvalue weighted by atomic mass is 10.1. The minimum absolute atomic E-state index is 0.0683. The number of carbonyl (C=O) groups is 4. The number of aromatic nitrogens is 5. The normalized spacial score (nSPS) is 11.8. The zero-order valence-electron chi connectivity index (χ0n) is 45.3. The first-order chi connectivity index (χ1) is 35.0. The molecule has 0 fully saturated rings. The van der Waals surface area contributed by atoms with Crippen LogP contribution in [0.25, 0.3) is 0 Å². The van der Waals surface area contributed by atoms with Gasteiger partial charge in [-0.25, -0.2) is 24.2 Å². The summed E-state index contributed by atoms with van der Waals surface area (Å²) in [6.07, 6.45) is 5.99. The Hall–Kier alpha value is -6.77. The molecule has 0 aromatic carbocycles. The molecule has 19 nitrogen and oxygen atoms in total. The van der Waals surface area contributed by atoms with E-state index < -0.39 is 5.97 Å². The minimum Gasteiger partial charge on any atom is -0.496 e. The van der Waals surface area contributed by atoms with Gasteiger partial charge in [-0.3, -0.25) is 19.9 Å². The first-order valence-corrected chi connectivity index (χ1v) is 23.6. The molecule has 0 amide bonds. The van der Waals surface area contributed by atoms with Crippen LogP contribution >= 0.6 is 0 Å². The third kappa shape index (κ3) is 22.3. The zero-order chi connectivity index (χ0) is 54.9. The average Bonchev–Trinajstić information content (AvgIpc) is 3.42. The monoisotopic (exact) mass is 1020 g/mol. The van der Waals surface area contributed by atoms with Gasteiger partial charge in [-0.2, -0.15) is 0 Å². The molecule has 5 aromatic heterocycles.